The molecule has 4 aromatic rings. The Morgan fingerprint density at radius 3 is 2.65 bits per heavy atom. The highest BCUT2D eigenvalue weighted by Gasteiger charge is 2.28. The standard InChI is InChI=1S/C27H29NO6/c1-4-33-27(30)18-12-23(32-3)25-20(9-10-29)26(34-24(25)13-18)22-11-17-7-8-19(31-2)14-21(17)28(22)15-16-5-6-16/h7-8,11-14,16,29H,4-6,9-10,15H2,1-3H3. The van der Waals surface area contributed by atoms with E-state index in [1.54, 1.807) is 33.3 Å². The van der Waals surface area contributed by atoms with Crippen LogP contribution in [0.3, 0.4) is 0 Å². The number of ether oxygens (including phenoxy) is 3. The molecule has 1 aliphatic rings. The molecule has 34 heavy (non-hydrogen) atoms. The molecule has 0 aliphatic heterocycles. The molecule has 1 saturated carbocycles. The molecular formula is C27H29NO6. The molecule has 0 bridgehead atoms. The molecule has 1 aliphatic carbocycles. The van der Waals surface area contributed by atoms with Gasteiger partial charge < -0.3 is 28.3 Å². The molecule has 178 valence electrons. The molecule has 1 N–H and O–H groups in total. The fourth-order valence-electron chi connectivity index (χ4n) is 4.61. The molecule has 7 nitrogen and oxygen atoms in total. The maximum Gasteiger partial charge on any atom is 0.338 e. The summed E-state index contributed by atoms with van der Waals surface area (Å²) in [5.74, 6) is 2.20. The number of aliphatic hydroxyl groups excluding tert-OH is 1. The van der Waals surface area contributed by atoms with Crippen LogP contribution in [0, 0.1) is 5.92 Å². The number of carbonyl (C=O) groups excluding carboxylic acids is 1. The Bertz CT molecular complexity index is 1360. The lowest BCUT2D eigenvalue weighted by Crippen LogP contribution is -2.05. The molecule has 7 heteroatoms. The van der Waals surface area contributed by atoms with Gasteiger partial charge in [0, 0.05) is 36.6 Å². The molecule has 0 radical (unpaired) electrons. The highest BCUT2D eigenvalue weighted by Crippen LogP contribution is 2.43. The number of esters is 1. The molecule has 0 spiro atoms. The minimum atomic E-state index is -0.431. The van der Waals surface area contributed by atoms with Crippen molar-refractivity contribution in [3.8, 4) is 23.0 Å². The molecule has 5 rings (SSSR count). The van der Waals surface area contributed by atoms with Crippen molar-refractivity contribution in [1.82, 2.24) is 4.57 Å². The number of benzene rings is 2. The summed E-state index contributed by atoms with van der Waals surface area (Å²) in [6.07, 6.45) is 2.82. The first-order chi connectivity index (χ1) is 16.6. The van der Waals surface area contributed by atoms with Crippen LogP contribution in [-0.2, 0) is 17.7 Å². The molecule has 2 aromatic heterocycles. The first-order valence-corrected chi connectivity index (χ1v) is 11.7. The summed E-state index contributed by atoms with van der Waals surface area (Å²) in [5.41, 5.74) is 3.77. The van der Waals surface area contributed by atoms with Crippen molar-refractivity contribution in [3.05, 3.63) is 47.5 Å². The van der Waals surface area contributed by atoms with Gasteiger partial charge in [0.15, 0.2) is 5.76 Å². The summed E-state index contributed by atoms with van der Waals surface area (Å²) in [6, 6.07) is 11.5. The summed E-state index contributed by atoms with van der Waals surface area (Å²) >= 11 is 0. The molecule has 0 unspecified atom stereocenters. The number of hydrogen-bond acceptors (Lipinski definition) is 6. The maximum absolute atomic E-state index is 12.4. The van der Waals surface area contributed by atoms with Crippen LogP contribution >= 0.6 is 0 Å². The van der Waals surface area contributed by atoms with Gasteiger partial charge in [0.2, 0.25) is 0 Å². The van der Waals surface area contributed by atoms with Crippen LogP contribution in [0.1, 0.15) is 35.7 Å². The zero-order chi connectivity index (χ0) is 23.8. The zero-order valence-corrected chi connectivity index (χ0v) is 19.7. The van der Waals surface area contributed by atoms with E-state index in [0.717, 1.165) is 39.8 Å². The molecule has 0 atom stereocenters. The average molecular weight is 464 g/mol. The van der Waals surface area contributed by atoms with E-state index in [4.69, 9.17) is 18.6 Å². The van der Waals surface area contributed by atoms with Crippen molar-refractivity contribution >= 4 is 27.8 Å². The maximum atomic E-state index is 12.4. The van der Waals surface area contributed by atoms with Crippen LogP contribution in [0.15, 0.2) is 40.8 Å². The van der Waals surface area contributed by atoms with Crippen LogP contribution in [-0.4, -0.2) is 43.1 Å². The van der Waals surface area contributed by atoms with Crippen molar-refractivity contribution < 1.29 is 28.5 Å². The summed E-state index contributed by atoms with van der Waals surface area (Å²) in [7, 11) is 3.23. The van der Waals surface area contributed by atoms with Crippen molar-refractivity contribution in [2.45, 2.75) is 32.7 Å². The van der Waals surface area contributed by atoms with Crippen molar-refractivity contribution in [1.29, 1.82) is 0 Å². The Hall–Kier alpha value is -3.45. The Morgan fingerprint density at radius 1 is 1.15 bits per heavy atom. The Labute approximate surface area is 197 Å². The summed E-state index contributed by atoms with van der Waals surface area (Å²) in [5, 5.41) is 11.8. The summed E-state index contributed by atoms with van der Waals surface area (Å²) in [4.78, 5) is 12.4. The lowest BCUT2D eigenvalue weighted by molar-refractivity contribution is 0.0526. The normalized spacial score (nSPS) is 13.5. The second-order valence-electron chi connectivity index (χ2n) is 8.66. The minimum Gasteiger partial charge on any atom is -0.497 e. The van der Waals surface area contributed by atoms with Gasteiger partial charge in [0.05, 0.1) is 43.0 Å². The van der Waals surface area contributed by atoms with E-state index in [9.17, 15) is 9.90 Å². The number of hydrogen-bond donors (Lipinski definition) is 1. The minimum absolute atomic E-state index is 0.0406. The predicted octanol–water partition coefficient (Wildman–Crippen LogP) is 5.19. The van der Waals surface area contributed by atoms with Crippen molar-refractivity contribution in [3.63, 3.8) is 0 Å². The Balaban J connectivity index is 1.76. The third-order valence-corrected chi connectivity index (χ3v) is 6.43. The molecule has 1 fully saturated rings. The number of fused-ring (bicyclic) bond motifs is 2. The monoisotopic (exact) mass is 463 g/mol. The predicted molar refractivity (Wildman–Crippen MR) is 130 cm³/mol. The van der Waals surface area contributed by atoms with Crippen molar-refractivity contribution in [2.24, 2.45) is 5.92 Å². The number of aromatic nitrogens is 1. The smallest absolute Gasteiger partial charge is 0.338 e. The zero-order valence-electron chi connectivity index (χ0n) is 19.7. The third-order valence-electron chi connectivity index (χ3n) is 6.43. The van der Waals surface area contributed by atoms with E-state index >= 15 is 0 Å². The Kier molecular flexibility index (Phi) is 5.96. The SMILES string of the molecule is CCOC(=O)c1cc(OC)c2c(CCO)c(-c3cc4ccc(OC)cc4n3CC3CC3)oc2c1. The van der Waals surface area contributed by atoms with Gasteiger partial charge in [-0.15, -0.1) is 0 Å². The van der Waals surface area contributed by atoms with Gasteiger partial charge in [-0.1, -0.05) is 0 Å². The van der Waals surface area contributed by atoms with Crippen LogP contribution in [0.5, 0.6) is 11.5 Å². The molecule has 2 aromatic carbocycles. The molecule has 0 saturated heterocycles. The van der Waals surface area contributed by atoms with E-state index in [2.05, 4.69) is 22.8 Å². The lowest BCUT2D eigenvalue weighted by atomic mass is 10.0. The van der Waals surface area contributed by atoms with Crippen LogP contribution in [0.25, 0.3) is 33.3 Å². The summed E-state index contributed by atoms with van der Waals surface area (Å²) in [6.45, 7) is 2.89. The lowest BCUT2D eigenvalue weighted by Gasteiger charge is -2.11. The van der Waals surface area contributed by atoms with Gasteiger partial charge in [0.1, 0.15) is 17.1 Å². The van der Waals surface area contributed by atoms with Crippen LogP contribution in [0.2, 0.25) is 0 Å². The van der Waals surface area contributed by atoms with Gasteiger partial charge in [-0.2, -0.15) is 0 Å². The van der Waals surface area contributed by atoms with E-state index in [1.807, 2.05) is 6.07 Å². The van der Waals surface area contributed by atoms with E-state index < -0.39 is 5.97 Å². The second kappa shape index (κ2) is 9.06. The number of furan rings is 1. The molecule has 2 heterocycles. The van der Waals surface area contributed by atoms with Crippen LogP contribution < -0.4 is 9.47 Å². The average Bonchev–Trinajstić information content (AvgIpc) is 3.50. The van der Waals surface area contributed by atoms with Crippen LogP contribution in [0.4, 0.5) is 0 Å². The number of methoxy groups -OCH3 is 2. The topological polar surface area (TPSA) is 83.1 Å². The van der Waals surface area contributed by atoms with Gasteiger partial charge >= 0.3 is 5.97 Å². The van der Waals surface area contributed by atoms with Gasteiger partial charge in [-0.25, -0.2) is 4.79 Å². The van der Waals surface area contributed by atoms with Crippen molar-refractivity contribution in [2.75, 3.05) is 27.4 Å². The number of nitrogens with zero attached hydrogens (tertiary/aromatic N) is 1. The van der Waals surface area contributed by atoms with E-state index in [1.165, 1.54) is 12.8 Å². The molecule has 0 amide bonds. The first-order valence-electron chi connectivity index (χ1n) is 11.7. The Morgan fingerprint density at radius 2 is 1.97 bits per heavy atom. The largest absolute Gasteiger partial charge is 0.497 e. The third kappa shape index (κ3) is 3.90. The fraction of sp³-hybridized carbons (Fsp3) is 0.370. The fourth-order valence-corrected chi connectivity index (χ4v) is 4.61. The first kappa shape index (κ1) is 22.3. The van der Waals surface area contributed by atoms with E-state index in [0.29, 0.717) is 35.0 Å². The van der Waals surface area contributed by atoms with Gasteiger partial charge in [0.25, 0.3) is 0 Å². The highest BCUT2D eigenvalue weighted by molar-refractivity contribution is 6.00. The summed E-state index contributed by atoms with van der Waals surface area (Å²) < 4.78 is 25.0. The van der Waals surface area contributed by atoms with Gasteiger partial charge in [-0.05, 0) is 56.0 Å². The second-order valence-corrected chi connectivity index (χ2v) is 8.66. The number of aliphatic hydroxyl groups is 1. The van der Waals surface area contributed by atoms with Gasteiger partial charge in [-0.3, -0.25) is 0 Å². The van der Waals surface area contributed by atoms with E-state index in [-0.39, 0.29) is 13.2 Å². The quantitative estimate of drug-likeness (QED) is 0.344. The number of carbonyl (C=O) groups is 1. The molecular weight excluding hydrogens is 434 g/mol. The highest BCUT2D eigenvalue weighted by atomic mass is 16.5. The number of rotatable bonds is 9.